The van der Waals surface area contributed by atoms with Gasteiger partial charge in [0.1, 0.15) is 5.82 Å². The van der Waals surface area contributed by atoms with Crippen molar-refractivity contribution in [1.82, 2.24) is 20.4 Å². The van der Waals surface area contributed by atoms with E-state index >= 15 is 0 Å². The van der Waals surface area contributed by atoms with Crippen molar-refractivity contribution in [3.8, 4) is 11.4 Å². The molecule has 0 bridgehead atoms. The van der Waals surface area contributed by atoms with Gasteiger partial charge in [-0.15, -0.1) is 0 Å². The van der Waals surface area contributed by atoms with Crippen molar-refractivity contribution in [2.75, 3.05) is 19.8 Å². The number of rotatable bonds is 8. The third kappa shape index (κ3) is 5.12. The smallest absolute Gasteiger partial charge is 0.258 e. The molecule has 3 aromatic rings. The summed E-state index contributed by atoms with van der Waals surface area (Å²) in [6.07, 6.45) is 0.827. The number of aromatic nitrogens is 2. The van der Waals surface area contributed by atoms with Crippen LogP contribution in [0.3, 0.4) is 0 Å². The molecule has 0 radical (unpaired) electrons. The summed E-state index contributed by atoms with van der Waals surface area (Å²) in [4.78, 5) is 6.66. The molecule has 6 nitrogen and oxygen atoms in total. The molecule has 0 amide bonds. The molecular formula is C25H27FN4O2S. The van der Waals surface area contributed by atoms with Gasteiger partial charge in [-0.1, -0.05) is 47.1 Å². The number of nitrogens with one attached hydrogen (secondary N) is 1. The quantitative estimate of drug-likeness (QED) is 0.358. The highest BCUT2D eigenvalue weighted by atomic mass is 32.1. The molecule has 1 N–H and O–H groups in total. The molecular weight excluding hydrogens is 439 g/mol. The predicted octanol–water partition coefficient (Wildman–Crippen LogP) is 5.27. The molecule has 172 valence electrons. The van der Waals surface area contributed by atoms with Crippen LogP contribution in [-0.4, -0.2) is 39.9 Å². The summed E-state index contributed by atoms with van der Waals surface area (Å²) >= 11 is 5.72. The summed E-state index contributed by atoms with van der Waals surface area (Å²) in [5.74, 6) is 0.363. The summed E-state index contributed by atoms with van der Waals surface area (Å²) < 4.78 is 24.9. The van der Waals surface area contributed by atoms with Crippen LogP contribution in [0.15, 0.2) is 58.8 Å². The molecule has 1 aliphatic rings. The van der Waals surface area contributed by atoms with E-state index in [1.807, 2.05) is 25.7 Å². The molecule has 0 spiro atoms. The van der Waals surface area contributed by atoms with Gasteiger partial charge in [-0.3, -0.25) is 0 Å². The first-order valence-corrected chi connectivity index (χ1v) is 11.4. The normalized spacial score (nSPS) is 16.3. The molecule has 0 saturated carbocycles. The minimum absolute atomic E-state index is 0.248. The number of halogens is 1. The predicted molar refractivity (Wildman–Crippen MR) is 130 cm³/mol. The van der Waals surface area contributed by atoms with E-state index in [1.165, 1.54) is 17.7 Å². The standard InChI is InChI=1S/C25H27FN4O2S/c1-4-31-14-6-13-30-17(3)21(22(27-25(30)33)18-11-9-16(2)10-12-18)24-28-23(29-32-24)19-7-5-8-20(26)15-19/h5,7-12,15,22H,4,6,13-14H2,1-3H3,(H,27,33). The number of hydrogen-bond acceptors (Lipinski definition) is 5. The summed E-state index contributed by atoms with van der Waals surface area (Å²) in [5.41, 5.74) is 4.55. The molecule has 1 aromatic heterocycles. The third-order valence-electron chi connectivity index (χ3n) is 5.62. The van der Waals surface area contributed by atoms with E-state index in [4.69, 9.17) is 21.5 Å². The topological polar surface area (TPSA) is 63.4 Å². The Hall–Kier alpha value is -3.10. The third-order valence-corrected chi connectivity index (χ3v) is 5.96. The first-order valence-electron chi connectivity index (χ1n) is 11.0. The molecule has 2 heterocycles. The number of aryl methyl sites for hydroxylation is 1. The van der Waals surface area contributed by atoms with Crippen LogP contribution in [0, 0.1) is 12.7 Å². The lowest BCUT2D eigenvalue weighted by Crippen LogP contribution is -2.46. The van der Waals surface area contributed by atoms with E-state index in [1.54, 1.807) is 12.1 Å². The molecule has 4 rings (SSSR count). The van der Waals surface area contributed by atoms with Crippen molar-refractivity contribution in [2.24, 2.45) is 0 Å². The maximum absolute atomic E-state index is 13.7. The zero-order valence-electron chi connectivity index (χ0n) is 19.0. The van der Waals surface area contributed by atoms with E-state index in [0.717, 1.165) is 23.3 Å². The molecule has 0 saturated heterocycles. The lowest BCUT2D eigenvalue weighted by molar-refractivity contribution is 0.141. The Morgan fingerprint density at radius 2 is 1.97 bits per heavy atom. The monoisotopic (exact) mass is 466 g/mol. The van der Waals surface area contributed by atoms with Crippen LogP contribution in [0.25, 0.3) is 17.0 Å². The Kier molecular flexibility index (Phi) is 7.15. The number of hydrogen-bond donors (Lipinski definition) is 1. The van der Waals surface area contributed by atoms with Crippen molar-refractivity contribution in [3.63, 3.8) is 0 Å². The van der Waals surface area contributed by atoms with E-state index in [0.29, 0.717) is 42.1 Å². The van der Waals surface area contributed by atoms with Gasteiger partial charge in [-0.05, 0) is 57.1 Å². The summed E-state index contributed by atoms with van der Waals surface area (Å²) in [6, 6.07) is 14.2. The van der Waals surface area contributed by atoms with E-state index in [9.17, 15) is 4.39 Å². The molecule has 1 aliphatic heterocycles. The fourth-order valence-corrected chi connectivity index (χ4v) is 4.23. The average molecular weight is 467 g/mol. The van der Waals surface area contributed by atoms with Crippen LogP contribution < -0.4 is 5.32 Å². The average Bonchev–Trinajstić information content (AvgIpc) is 3.28. The number of ether oxygens (including phenoxy) is 1. The second-order valence-corrected chi connectivity index (χ2v) is 8.31. The Balaban J connectivity index is 1.74. The fraction of sp³-hybridized carbons (Fsp3) is 0.320. The maximum atomic E-state index is 13.7. The second kappa shape index (κ2) is 10.2. The summed E-state index contributed by atoms with van der Waals surface area (Å²) in [5, 5.41) is 8.22. The largest absolute Gasteiger partial charge is 0.382 e. The van der Waals surface area contributed by atoms with Gasteiger partial charge in [0, 0.05) is 31.0 Å². The Morgan fingerprint density at radius 3 is 2.70 bits per heavy atom. The minimum Gasteiger partial charge on any atom is -0.382 e. The maximum Gasteiger partial charge on any atom is 0.258 e. The van der Waals surface area contributed by atoms with Crippen molar-refractivity contribution < 1.29 is 13.7 Å². The summed E-state index contributed by atoms with van der Waals surface area (Å²) in [6.45, 7) is 8.08. The van der Waals surface area contributed by atoms with Crippen molar-refractivity contribution >= 4 is 22.9 Å². The highest BCUT2D eigenvalue weighted by molar-refractivity contribution is 7.80. The fourth-order valence-electron chi connectivity index (χ4n) is 3.88. The van der Waals surface area contributed by atoms with E-state index in [-0.39, 0.29) is 11.9 Å². The Labute approximate surface area is 198 Å². The van der Waals surface area contributed by atoms with Gasteiger partial charge in [0.25, 0.3) is 5.89 Å². The number of allylic oxidation sites excluding steroid dienone is 1. The first-order chi connectivity index (χ1) is 16.0. The minimum atomic E-state index is -0.350. The zero-order valence-corrected chi connectivity index (χ0v) is 19.8. The van der Waals surface area contributed by atoms with Gasteiger partial charge in [-0.2, -0.15) is 4.98 Å². The zero-order chi connectivity index (χ0) is 23.4. The van der Waals surface area contributed by atoms with Crippen LogP contribution in [0.1, 0.15) is 43.3 Å². The van der Waals surface area contributed by atoms with Gasteiger partial charge in [-0.25, -0.2) is 4.39 Å². The second-order valence-electron chi connectivity index (χ2n) is 7.93. The van der Waals surface area contributed by atoms with Crippen LogP contribution in [0.5, 0.6) is 0 Å². The molecule has 0 aliphatic carbocycles. The SMILES string of the molecule is CCOCCCN1C(=S)NC(c2ccc(C)cc2)C(c2nc(-c3cccc(F)c3)no2)=C1C. The summed E-state index contributed by atoms with van der Waals surface area (Å²) in [7, 11) is 0. The van der Waals surface area contributed by atoms with Gasteiger partial charge in [0.2, 0.25) is 5.82 Å². The van der Waals surface area contributed by atoms with Crippen molar-refractivity contribution in [1.29, 1.82) is 0 Å². The van der Waals surface area contributed by atoms with E-state index in [2.05, 4.69) is 39.7 Å². The van der Waals surface area contributed by atoms with Gasteiger partial charge < -0.3 is 19.5 Å². The molecule has 1 atom stereocenters. The van der Waals surface area contributed by atoms with Crippen LogP contribution in [0.4, 0.5) is 4.39 Å². The molecule has 2 aromatic carbocycles. The van der Waals surface area contributed by atoms with Crippen LogP contribution in [0.2, 0.25) is 0 Å². The Bertz CT molecular complexity index is 1160. The molecule has 33 heavy (non-hydrogen) atoms. The number of thiocarbonyl (C=S) groups is 1. The molecule has 8 heteroatoms. The number of nitrogens with zero attached hydrogens (tertiary/aromatic N) is 3. The first kappa shape index (κ1) is 23.1. The van der Waals surface area contributed by atoms with Gasteiger partial charge >= 0.3 is 0 Å². The van der Waals surface area contributed by atoms with Gasteiger partial charge in [0.15, 0.2) is 5.11 Å². The van der Waals surface area contributed by atoms with E-state index < -0.39 is 0 Å². The van der Waals surface area contributed by atoms with Crippen LogP contribution >= 0.6 is 12.2 Å². The Morgan fingerprint density at radius 1 is 1.18 bits per heavy atom. The van der Waals surface area contributed by atoms with Crippen molar-refractivity contribution in [2.45, 2.75) is 33.2 Å². The molecule has 1 unspecified atom stereocenters. The molecule has 0 fully saturated rings. The van der Waals surface area contributed by atoms with Gasteiger partial charge in [0.05, 0.1) is 11.6 Å². The van der Waals surface area contributed by atoms with Crippen molar-refractivity contribution in [3.05, 3.63) is 77.1 Å². The highest BCUT2D eigenvalue weighted by Crippen LogP contribution is 2.37. The lowest BCUT2D eigenvalue weighted by atomic mass is 9.94. The van der Waals surface area contributed by atoms with Crippen LogP contribution in [-0.2, 0) is 4.74 Å². The highest BCUT2D eigenvalue weighted by Gasteiger charge is 2.33. The number of benzene rings is 2. The lowest BCUT2D eigenvalue weighted by Gasteiger charge is -2.37.